The largest absolute Gasteiger partial charge is 0.480 e. The first-order valence-electron chi connectivity index (χ1n) is 6.38. The smallest absolute Gasteiger partial charge is 0.326 e. The number of fused-ring (bicyclic) bond motifs is 1. The minimum atomic E-state index is -0.892. The van der Waals surface area contributed by atoms with Gasteiger partial charge >= 0.3 is 5.97 Å². The summed E-state index contributed by atoms with van der Waals surface area (Å²) in [4.78, 5) is 15.4. The van der Waals surface area contributed by atoms with Gasteiger partial charge in [0, 0.05) is 0 Å². The van der Waals surface area contributed by atoms with Crippen LogP contribution in [-0.2, 0) is 4.79 Å². The van der Waals surface area contributed by atoms with Gasteiger partial charge in [0.05, 0.1) is 0 Å². The fourth-order valence-corrected chi connectivity index (χ4v) is 2.13. The second kappa shape index (κ2) is 5.30. The molecule has 1 heterocycles. The molecule has 0 spiro atoms. The molecule has 2 N–H and O–H groups in total. The Kier molecular flexibility index (Phi) is 3.74. The summed E-state index contributed by atoms with van der Waals surface area (Å²) in [5.74, 6) is -0.892. The Morgan fingerprint density at radius 1 is 1.47 bits per heavy atom. The first-order chi connectivity index (χ1) is 9.01. The van der Waals surface area contributed by atoms with Gasteiger partial charge in [-0.1, -0.05) is 19.4 Å². The Morgan fingerprint density at radius 2 is 2.21 bits per heavy atom. The first kappa shape index (κ1) is 13.4. The molecule has 0 fully saturated rings. The number of aromatic nitrogens is 1. The highest BCUT2D eigenvalue weighted by atomic mass is 16.4. The van der Waals surface area contributed by atoms with Crippen LogP contribution in [0.4, 0.5) is 6.01 Å². The number of anilines is 1. The number of nitrogens with one attached hydrogen (secondary N) is 1. The maximum atomic E-state index is 11.1. The second-order valence-corrected chi connectivity index (χ2v) is 4.77. The van der Waals surface area contributed by atoms with Gasteiger partial charge in [-0.3, -0.25) is 0 Å². The number of hydrogen-bond acceptors (Lipinski definition) is 4. The molecule has 0 aliphatic rings. The quantitative estimate of drug-likeness (QED) is 0.865. The molecule has 2 rings (SSSR count). The summed E-state index contributed by atoms with van der Waals surface area (Å²) in [7, 11) is 0. The molecule has 0 radical (unpaired) electrons. The lowest BCUT2D eigenvalue weighted by molar-refractivity contribution is -0.138. The van der Waals surface area contributed by atoms with Crippen LogP contribution in [-0.4, -0.2) is 22.1 Å². The van der Waals surface area contributed by atoms with Gasteiger partial charge in [0.15, 0.2) is 5.58 Å². The summed E-state index contributed by atoms with van der Waals surface area (Å²) in [5, 5.41) is 11.9. The van der Waals surface area contributed by atoms with Gasteiger partial charge in [0.1, 0.15) is 11.6 Å². The molecule has 0 saturated heterocycles. The SMILES string of the molecule is CCCC(Nc1nc2cc(C)cc(C)c2o1)C(=O)O. The number of hydrogen-bond donors (Lipinski definition) is 2. The third-order valence-electron chi connectivity index (χ3n) is 2.99. The van der Waals surface area contributed by atoms with E-state index in [-0.39, 0.29) is 6.01 Å². The third kappa shape index (κ3) is 2.86. The standard InChI is InChI=1S/C14H18N2O3/c1-4-5-10(13(17)18)15-14-16-11-7-8(2)6-9(3)12(11)19-14/h6-7,10H,4-5H2,1-3H3,(H,15,16)(H,17,18). The van der Waals surface area contributed by atoms with E-state index >= 15 is 0 Å². The van der Waals surface area contributed by atoms with Crippen molar-refractivity contribution in [2.24, 2.45) is 0 Å². The van der Waals surface area contributed by atoms with Gasteiger partial charge in [0.25, 0.3) is 6.01 Å². The molecule has 1 aromatic carbocycles. The number of benzene rings is 1. The fourth-order valence-electron chi connectivity index (χ4n) is 2.13. The van der Waals surface area contributed by atoms with Crippen LogP contribution in [0.5, 0.6) is 0 Å². The van der Waals surface area contributed by atoms with Crippen LogP contribution in [0.25, 0.3) is 11.1 Å². The van der Waals surface area contributed by atoms with Crippen molar-refractivity contribution in [1.29, 1.82) is 0 Å². The summed E-state index contributed by atoms with van der Waals surface area (Å²) >= 11 is 0. The Labute approximate surface area is 111 Å². The monoisotopic (exact) mass is 262 g/mol. The number of aryl methyl sites for hydroxylation is 2. The molecule has 0 amide bonds. The van der Waals surface area contributed by atoms with Gasteiger partial charge in [-0.25, -0.2) is 4.79 Å². The van der Waals surface area contributed by atoms with E-state index in [1.807, 2.05) is 32.9 Å². The van der Waals surface area contributed by atoms with Crippen molar-refractivity contribution in [3.63, 3.8) is 0 Å². The predicted octanol–water partition coefficient (Wildman–Crippen LogP) is 3.11. The van der Waals surface area contributed by atoms with E-state index in [4.69, 9.17) is 9.52 Å². The zero-order valence-corrected chi connectivity index (χ0v) is 11.4. The molecular weight excluding hydrogens is 244 g/mol. The van der Waals surface area contributed by atoms with E-state index < -0.39 is 12.0 Å². The molecule has 5 nitrogen and oxygen atoms in total. The molecule has 19 heavy (non-hydrogen) atoms. The fraction of sp³-hybridized carbons (Fsp3) is 0.429. The number of carboxylic acids is 1. The van der Waals surface area contributed by atoms with Crippen LogP contribution in [0.2, 0.25) is 0 Å². The van der Waals surface area contributed by atoms with Crippen molar-refractivity contribution in [2.45, 2.75) is 39.7 Å². The van der Waals surface area contributed by atoms with Crippen LogP contribution in [0, 0.1) is 13.8 Å². The maximum Gasteiger partial charge on any atom is 0.326 e. The van der Waals surface area contributed by atoms with Crippen molar-refractivity contribution in [3.8, 4) is 0 Å². The van der Waals surface area contributed by atoms with E-state index in [1.54, 1.807) is 0 Å². The molecule has 1 unspecified atom stereocenters. The van der Waals surface area contributed by atoms with Crippen LogP contribution >= 0.6 is 0 Å². The molecule has 1 atom stereocenters. The van der Waals surface area contributed by atoms with Crippen molar-refractivity contribution in [2.75, 3.05) is 5.32 Å². The van der Waals surface area contributed by atoms with E-state index in [0.29, 0.717) is 12.0 Å². The number of carboxylic acid groups (broad SMARTS) is 1. The molecule has 2 aromatic rings. The lowest BCUT2D eigenvalue weighted by Gasteiger charge is -2.10. The Bertz CT molecular complexity index is 604. The normalized spacial score (nSPS) is 12.6. The Balaban J connectivity index is 2.30. The first-order valence-corrected chi connectivity index (χ1v) is 6.38. The summed E-state index contributed by atoms with van der Waals surface area (Å²) in [6, 6.07) is 3.54. The van der Waals surface area contributed by atoms with Crippen LogP contribution < -0.4 is 5.32 Å². The minimum absolute atomic E-state index is 0.268. The van der Waals surface area contributed by atoms with Gasteiger partial charge < -0.3 is 14.8 Å². The van der Waals surface area contributed by atoms with Crippen LogP contribution in [0.15, 0.2) is 16.5 Å². The van der Waals surface area contributed by atoms with Gasteiger partial charge in [-0.05, 0) is 37.5 Å². The Hall–Kier alpha value is -2.04. The summed E-state index contributed by atoms with van der Waals surface area (Å²) in [6.45, 7) is 5.88. The summed E-state index contributed by atoms with van der Waals surface area (Å²) in [6.07, 6.45) is 1.31. The lowest BCUT2D eigenvalue weighted by Crippen LogP contribution is -2.29. The third-order valence-corrected chi connectivity index (χ3v) is 2.99. The topological polar surface area (TPSA) is 75.4 Å². The summed E-state index contributed by atoms with van der Waals surface area (Å²) in [5.41, 5.74) is 3.56. The molecule has 0 saturated carbocycles. The number of rotatable bonds is 5. The number of oxazole rings is 1. The average Bonchev–Trinajstić information content (AvgIpc) is 2.71. The molecule has 1 aromatic heterocycles. The van der Waals surface area contributed by atoms with E-state index in [0.717, 1.165) is 23.1 Å². The number of carbonyl (C=O) groups is 1. The van der Waals surface area contributed by atoms with E-state index in [9.17, 15) is 4.79 Å². The molecule has 0 aliphatic carbocycles. The van der Waals surface area contributed by atoms with Gasteiger partial charge in [-0.2, -0.15) is 4.98 Å². The predicted molar refractivity (Wildman–Crippen MR) is 73.4 cm³/mol. The molecule has 0 aliphatic heterocycles. The molecule has 102 valence electrons. The summed E-state index contributed by atoms with van der Waals surface area (Å²) < 4.78 is 5.60. The van der Waals surface area contributed by atoms with Crippen molar-refractivity contribution >= 4 is 23.1 Å². The zero-order chi connectivity index (χ0) is 14.0. The Morgan fingerprint density at radius 3 is 2.84 bits per heavy atom. The van der Waals surface area contributed by atoms with Crippen molar-refractivity contribution in [3.05, 3.63) is 23.3 Å². The van der Waals surface area contributed by atoms with Crippen LogP contribution in [0.1, 0.15) is 30.9 Å². The molecule has 0 bridgehead atoms. The van der Waals surface area contributed by atoms with Gasteiger partial charge in [0.2, 0.25) is 0 Å². The van der Waals surface area contributed by atoms with E-state index in [2.05, 4.69) is 10.3 Å². The zero-order valence-electron chi connectivity index (χ0n) is 11.4. The highest BCUT2D eigenvalue weighted by Crippen LogP contribution is 2.24. The second-order valence-electron chi connectivity index (χ2n) is 4.77. The highest BCUT2D eigenvalue weighted by Gasteiger charge is 2.19. The highest BCUT2D eigenvalue weighted by molar-refractivity contribution is 5.80. The maximum absolute atomic E-state index is 11.1. The number of nitrogens with zero attached hydrogens (tertiary/aromatic N) is 1. The number of aliphatic carboxylic acids is 1. The van der Waals surface area contributed by atoms with Gasteiger partial charge in [-0.15, -0.1) is 0 Å². The van der Waals surface area contributed by atoms with Crippen molar-refractivity contribution < 1.29 is 14.3 Å². The molecule has 5 heteroatoms. The lowest BCUT2D eigenvalue weighted by atomic mass is 10.1. The van der Waals surface area contributed by atoms with E-state index in [1.165, 1.54) is 0 Å². The molecular formula is C14H18N2O3. The van der Waals surface area contributed by atoms with Crippen molar-refractivity contribution in [1.82, 2.24) is 4.98 Å². The average molecular weight is 262 g/mol. The van der Waals surface area contributed by atoms with Crippen LogP contribution in [0.3, 0.4) is 0 Å². The minimum Gasteiger partial charge on any atom is -0.480 e.